The maximum absolute atomic E-state index is 13.7. The second-order valence-corrected chi connectivity index (χ2v) is 5.91. The molecule has 9 heteroatoms. The normalized spacial score (nSPS) is 11.2. The van der Waals surface area contributed by atoms with Gasteiger partial charge in [0, 0.05) is 24.2 Å². The van der Waals surface area contributed by atoms with E-state index in [9.17, 15) is 13.6 Å². The Bertz CT molecular complexity index is 1030. The molecule has 0 unspecified atom stereocenters. The number of carbonyl (C=O) groups is 1. The number of hydrogen-bond donors (Lipinski definition) is 1. The van der Waals surface area contributed by atoms with Gasteiger partial charge in [-0.2, -0.15) is 0 Å². The molecule has 3 aromatic rings. The average Bonchev–Trinajstić information content (AvgIpc) is 2.70. The molecule has 0 aliphatic rings. The molecule has 0 spiro atoms. The average molecular weight is 397 g/mol. The molecule has 1 N–H and O–H groups in total. The molecule has 3 rings (SSSR count). The first-order valence-electron chi connectivity index (χ1n) is 8.73. The molecule has 0 atom stereocenters. The minimum absolute atomic E-state index is 0.141. The van der Waals surface area contributed by atoms with Crippen molar-refractivity contribution in [1.29, 1.82) is 0 Å². The number of benzene rings is 1. The summed E-state index contributed by atoms with van der Waals surface area (Å²) in [7, 11) is 0. The Balaban J connectivity index is 1.74. The summed E-state index contributed by atoms with van der Waals surface area (Å²) < 4.78 is 27.4. The van der Waals surface area contributed by atoms with Gasteiger partial charge in [-0.25, -0.2) is 18.7 Å². The van der Waals surface area contributed by atoms with Gasteiger partial charge in [-0.1, -0.05) is 18.1 Å². The molecular weight excluding hydrogens is 380 g/mol. The lowest BCUT2D eigenvalue weighted by Gasteiger charge is -2.08. The van der Waals surface area contributed by atoms with Crippen LogP contribution in [0, 0.1) is 18.6 Å². The Kier molecular flexibility index (Phi) is 6.18. The molecular formula is C20H17F2N5O2. The fraction of sp³-hybridized carbons (Fsp3) is 0.150. The SMILES string of the molecule is CCC(=NOc1nccnc1C)c1ccc(NC(=O)c2c(F)cccc2F)nc1. The van der Waals surface area contributed by atoms with E-state index in [2.05, 4.69) is 25.4 Å². The Labute approximate surface area is 165 Å². The summed E-state index contributed by atoms with van der Waals surface area (Å²) in [5.74, 6) is -2.39. The van der Waals surface area contributed by atoms with E-state index < -0.39 is 23.1 Å². The van der Waals surface area contributed by atoms with Gasteiger partial charge in [0.15, 0.2) is 0 Å². The molecule has 2 heterocycles. The summed E-state index contributed by atoms with van der Waals surface area (Å²) in [4.78, 5) is 29.7. The number of nitrogens with zero attached hydrogens (tertiary/aromatic N) is 4. The van der Waals surface area contributed by atoms with Crippen molar-refractivity contribution in [1.82, 2.24) is 15.0 Å². The molecule has 1 amide bonds. The zero-order valence-electron chi connectivity index (χ0n) is 15.7. The summed E-state index contributed by atoms with van der Waals surface area (Å²) in [6, 6.07) is 6.37. The van der Waals surface area contributed by atoms with Crippen molar-refractivity contribution >= 4 is 17.4 Å². The van der Waals surface area contributed by atoms with Gasteiger partial charge in [0.05, 0.1) is 5.71 Å². The number of halogens is 2. The van der Waals surface area contributed by atoms with Crippen LogP contribution < -0.4 is 10.2 Å². The van der Waals surface area contributed by atoms with Crippen molar-refractivity contribution in [2.24, 2.45) is 5.16 Å². The molecule has 2 aromatic heterocycles. The molecule has 29 heavy (non-hydrogen) atoms. The van der Waals surface area contributed by atoms with Gasteiger partial charge in [0.1, 0.15) is 28.7 Å². The Morgan fingerprint density at radius 1 is 1.10 bits per heavy atom. The zero-order chi connectivity index (χ0) is 20.8. The van der Waals surface area contributed by atoms with Gasteiger partial charge >= 0.3 is 0 Å². The number of carbonyl (C=O) groups excluding carboxylic acids is 1. The van der Waals surface area contributed by atoms with Crippen LogP contribution in [-0.4, -0.2) is 26.6 Å². The summed E-state index contributed by atoms with van der Waals surface area (Å²) in [6.07, 6.45) is 5.08. The molecule has 148 valence electrons. The van der Waals surface area contributed by atoms with E-state index in [4.69, 9.17) is 4.84 Å². The number of aromatic nitrogens is 3. The highest BCUT2D eigenvalue weighted by atomic mass is 19.1. The monoisotopic (exact) mass is 397 g/mol. The first kappa shape index (κ1) is 20.0. The molecule has 0 bridgehead atoms. The molecule has 0 aliphatic heterocycles. The first-order chi connectivity index (χ1) is 14.0. The lowest BCUT2D eigenvalue weighted by Crippen LogP contribution is -2.16. The summed E-state index contributed by atoms with van der Waals surface area (Å²) in [5, 5.41) is 6.46. The fourth-order valence-corrected chi connectivity index (χ4v) is 2.44. The predicted octanol–water partition coefficient (Wildman–Crippen LogP) is 3.90. The molecule has 0 aliphatic carbocycles. The second-order valence-electron chi connectivity index (χ2n) is 5.91. The number of amides is 1. The largest absolute Gasteiger partial charge is 0.334 e. The van der Waals surface area contributed by atoms with Gasteiger partial charge < -0.3 is 10.2 Å². The van der Waals surface area contributed by atoms with E-state index in [1.165, 1.54) is 24.5 Å². The third kappa shape index (κ3) is 4.75. The van der Waals surface area contributed by atoms with Crippen LogP contribution in [0.3, 0.4) is 0 Å². The number of nitrogens with one attached hydrogen (secondary N) is 1. The number of oxime groups is 1. The van der Waals surface area contributed by atoms with E-state index in [1.54, 1.807) is 19.2 Å². The summed E-state index contributed by atoms with van der Waals surface area (Å²) >= 11 is 0. The van der Waals surface area contributed by atoms with Gasteiger partial charge in [-0.15, -0.1) is 0 Å². The number of rotatable bonds is 6. The lowest BCUT2D eigenvalue weighted by molar-refractivity contribution is 0.101. The number of pyridine rings is 1. The van der Waals surface area contributed by atoms with E-state index in [0.29, 0.717) is 29.3 Å². The molecule has 0 fully saturated rings. The highest BCUT2D eigenvalue weighted by molar-refractivity contribution is 6.04. The van der Waals surface area contributed by atoms with E-state index in [0.717, 1.165) is 12.1 Å². The zero-order valence-corrected chi connectivity index (χ0v) is 15.7. The summed E-state index contributed by atoms with van der Waals surface area (Å²) in [5.41, 5.74) is 1.19. The quantitative estimate of drug-likeness (QED) is 0.503. The molecule has 7 nitrogen and oxygen atoms in total. The van der Waals surface area contributed by atoms with Crippen LogP contribution in [-0.2, 0) is 0 Å². The van der Waals surface area contributed by atoms with Crippen LogP contribution in [0.25, 0.3) is 0 Å². The summed E-state index contributed by atoms with van der Waals surface area (Å²) in [6.45, 7) is 3.64. The van der Waals surface area contributed by atoms with Gasteiger partial charge in [0.2, 0.25) is 0 Å². The van der Waals surface area contributed by atoms with Crippen molar-refractivity contribution in [3.8, 4) is 5.88 Å². The first-order valence-corrected chi connectivity index (χ1v) is 8.73. The Morgan fingerprint density at radius 2 is 1.83 bits per heavy atom. The van der Waals surface area contributed by atoms with Crippen LogP contribution >= 0.6 is 0 Å². The molecule has 0 saturated carbocycles. The number of hydrogen-bond acceptors (Lipinski definition) is 6. The van der Waals surface area contributed by atoms with E-state index >= 15 is 0 Å². The molecule has 0 saturated heterocycles. The third-order valence-corrected chi connectivity index (χ3v) is 3.94. The topological polar surface area (TPSA) is 89.4 Å². The van der Waals surface area contributed by atoms with Crippen LogP contribution in [0.2, 0.25) is 0 Å². The van der Waals surface area contributed by atoms with Crippen LogP contribution in [0.4, 0.5) is 14.6 Å². The minimum atomic E-state index is -0.948. The highest BCUT2D eigenvalue weighted by Gasteiger charge is 2.17. The number of aryl methyl sites for hydroxylation is 1. The Hall–Kier alpha value is -3.75. The predicted molar refractivity (Wildman–Crippen MR) is 103 cm³/mol. The smallest absolute Gasteiger partial charge is 0.270 e. The maximum atomic E-state index is 13.7. The number of anilines is 1. The molecule has 0 radical (unpaired) electrons. The molecule has 1 aromatic carbocycles. The van der Waals surface area contributed by atoms with Crippen molar-refractivity contribution in [2.45, 2.75) is 20.3 Å². The van der Waals surface area contributed by atoms with Crippen molar-refractivity contribution in [2.75, 3.05) is 5.32 Å². The maximum Gasteiger partial charge on any atom is 0.270 e. The van der Waals surface area contributed by atoms with Crippen molar-refractivity contribution in [3.63, 3.8) is 0 Å². The van der Waals surface area contributed by atoms with Crippen molar-refractivity contribution in [3.05, 3.63) is 77.4 Å². The van der Waals surface area contributed by atoms with Crippen LogP contribution in [0.15, 0.2) is 54.1 Å². The van der Waals surface area contributed by atoms with Crippen LogP contribution in [0.5, 0.6) is 5.88 Å². The second kappa shape index (κ2) is 8.96. The van der Waals surface area contributed by atoms with Gasteiger partial charge in [-0.3, -0.25) is 9.78 Å². The fourth-order valence-electron chi connectivity index (χ4n) is 2.44. The van der Waals surface area contributed by atoms with Crippen molar-refractivity contribution < 1.29 is 18.4 Å². The standard InChI is InChI=1S/C20H17F2N5O2/c1-3-16(27-29-20-12(2)23-9-10-24-20)13-7-8-17(25-11-13)26-19(28)18-14(21)5-4-6-15(18)22/h4-11H,3H2,1-2H3,(H,25,26,28). The van der Waals surface area contributed by atoms with E-state index in [-0.39, 0.29) is 5.82 Å². The Morgan fingerprint density at radius 3 is 2.45 bits per heavy atom. The third-order valence-electron chi connectivity index (χ3n) is 3.94. The lowest BCUT2D eigenvalue weighted by atomic mass is 10.1. The van der Waals surface area contributed by atoms with Gasteiger partial charge in [-0.05, 0) is 37.6 Å². The van der Waals surface area contributed by atoms with Crippen LogP contribution in [0.1, 0.15) is 35.0 Å². The highest BCUT2D eigenvalue weighted by Crippen LogP contribution is 2.16. The van der Waals surface area contributed by atoms with Gasteiger partial charge in [0.25, 0.3) is 11.8 Å². The van der Waals surface area contributed by atoms with E-state index in [1.807, 2.05) is 6.92 Å². The minimum Gasteiger partial charge on any atom is -0.334 e.